The van der Waals surface area contributed by atoms with E-state index in [1.165, 1.54) is 0 Å². The minimum Gasteiger partial charge on any atom is -0.335 e. The number of nitrogens with zero attached hydrogens (tertiary/aromatic N) is 4. The topological polar surface area (TPSA) is 49.2 Å². The first-order valence-electron chi connectivity index (χ1n) is 9.76. The Labute approximate surface area is 167 Å². The number of halogens is 2. The minimum atomic E-state index is -2.54. The van der Waals surface area contributed by atoms with E-state index in [2.05, 4.69) is 9.97 Å². The molecule has 0 saturated carbocycles. The Kier molecular flexibility index (Phi) is 4.39. The Bertz CT molecular complexity index is 1120. The number of nitrogens with one attached hydrogen (secondary N) is 1. The first-order chi connectivity index (χ1) is 14.1. The van der Waals surface area contributed by atoms with Crippen LogP contribution in [-0.2, 0) is 6.54 Å². The second kappa shape index (κ2) is 7.08. The summed E-state index contributed by atoms with van der Waals surface area (Å²) < 4.78 is 29.0. The van der Waals surface area contributed by atoms with Crippen molar-refractivity contribution < 1.29 is 8.78 Å². The molecule has 1 N–H and O–H groups in total. The molecule has 7 heteroatoms. The normalized spacial score (nSPS) is 17.0. The first kappa shape index (κ1) is 18.0. The van der Waals surface area contributed by atoms with Crippen LogP contribution in [0.1, 0.15) is 18.5 Å². The van der Waals surface area contributed by atoms with Gasteiger partial charge in [0.1, 0.15) is 0 Å². The summed E-state index contributed by atoms with van der Waals surface area (Å²) in [5, 5.41) is 0. The minimum absolute atomic E-state index is 0.0930. The molecule has 0 aliphatic carbocycles. The molecule has 0 atom stereocenters. The quantitative estimate of drug-likeness (QED) is 0.550. The standard InChI is InChI=1S/C22H21F2N5/c23-22(24)9-12-28(13-10-22)15-18-19-8-4-5-11-29(19)21(27-18)20-25-14-17(26-20)16-6-2-1-3-7-16/h1-8,11,14H,9-10,12-13,15H2,(H,25,26). The fourth-order valence-corrected chi connectivity index (χ4v) is 3.83. The van der Waals surface area contributed by atoms with Crippen molar-refractivity contribution >= 4 is 5.52 Å². The van der Waals surface area contributed by atoms with Crippen molar-refractivity contribution in [1.29, 1.82) is 0 Å². The van der Waals surface area contributed by atoms with Crippen molar-refractivity contribution in [2.24, 2.45) is 0 Å². The lowest BCUT2D eigenvalue weighted by molar-refractivity contribution is -0.0567. The maximum absolute atomic E-state index is 13.5. The van der Waals surface area contributed by atoms with Gasteiger partial charge in [0, 0.05) is 38.7 Å². The number of rotatable bonds is 4. The zero-order valence-electron chi connectivity index (χ0n) is 15.9. The summed E-state index contributed by atoms with van der Waals surface area (Å²) in [7, 11) is 0. The molecule has 0 bridgehead atoms. The van der Waals surface area contributed by atoms with Gasteiger partial charge in [0.15, 0.2) is 11.6 Å². The maximum atomic E-state index is 13.5. The molecule has 29 heavy (non-hydrogen) atoms. The van der Waals surface area contributed by atoms with Gasteiger partial charge in [-0.2, -0.15) is 0 Å². The average Bonchev–Trinajstić information content (AvgIpc) is 3.36. The summed E-state index contributed by atoms with van der Waals surface area (Å²) >= 11 is 0. The van der Waals surface area contributed by atoms with Gasteiger partial charge in [0.25, 0.3) is 5.92 Å². The SMILES string of the molecule is FC1(F)CCN(Cc2nc(-c3ncc(-c4ccccc4)[nH]3)n3ccccc23)CC1. The van der Waals surface area contributed by atoms with Crippen molar-refractivity contribution in [2.45, 2.75) is 25.3 Å². The zero-order chi connectivity index (χ0) is 19.8. The molecule has 1 saturated heterocycles. The number of aromatic amines is 1. The van der Waals surface area contributed by atoms with Gasteiger partial charge in [0.05, 0.1) is 23.1 Å². The van der Waals surface area contributed by atoms with E-state index in [1.807, 2.05) is 64.0 Å². The fraction of sp³-hybridized carbons (Fsp3) is 0.273. The van der Waals surface area contributed by atoms with Gasteiger partial charge in [0.2, 0.25) is 0 Å². The second-order valence-corrected chi connectivity index (χ2v) is 7.48. The van der Waals surface area contributed by atoms with E-state index >= 15 is 0 Å². The molecule has 4 heterocycles. The van der Waals surface area contributed by atoms with Crippen LogP contribution in [0.25, 0.3) is 28.4 Å². The highest BCUT2D eigenvalue weighted by Crippen LogP contribution is 2.30. The van der Waals surface area contributed by atoms with Gasteiger partial charge >= 0.3 is 0 Å². The second-order valence-electron chi connectivity index (χ2n) is 7.48. The molecule has 4 aromatic rings. The number of benzene rings is 1. The summed E-state index contributed by atoms with van der Waals surface area (Å²) in [6.07, 6.45) is 3.58. The Morgan fingerprint density at radius 1 is 1.00 bits per heavy atom. The van der Waals surface area contributed by atoms with Gasteiger partial charge < -0.3 is 4.98 Å². The van der Waals surface area contributed by atoms with Gasteiger partial charge in [-0.25, -0.2) is 18.7 Å². The molecule has 1 aliphatic rings. The number of pyridine rings is 1. The lowest BCUT2D eigenvalue weighted by Crippen LogP contribution is -2.38. The average molecular weight is 393 g/mol. The predicted molar refractivity (Wildman–Crippen MR) is 108 cm³/mol. The van der Waals surface area contributed by atoms with Crippen LogP contribution in [0.15, 0.2) is 60.9 Å². The van der Waals surface area contributed by atoms with Crippen LogP contribution in [0.2, 0.25) is 0 Å². The molecule has 0 unspecified atom stereocenters. The summed E-state index contributed by atoms with van der Waals surface area (Å²) in [6.45, 7) is 1.32. The number of hydrogen-bond donors (Lipinski definition) is 1. The summed E-state index contributed by atoms with van der Waals surface area (Å²) in [6, 6.07) is 15.9. The molecule has 5 nitrogen and oxygen atoms in total. The first-order valence-corrected chi connectivity index (χ1v) is 9.76. The smallest absolute Gasteiger partial charge is 0.250 e. The Morgan fingerprint density at radius 3 is 2.55 bits per heavy atom. The van der Waals surface area contributed by atoms with Crippen molar-refractivity contribution in [3.8, 4) is 22.9 Å². The van der Waals surface area contributed by atoms with Crippen LogP contribution in [0, 0.1) is 0 Å². The number of aromatic nitrogens is 4. The monoisotopic (exact) mass is 393 g/mol. The van der Waals surface area contributed by atoms with E-state index < -0.39 is 5.92 Å². The zero-order valence-corrected chi connectivity index (χ0v) is 15.9. The highest BCUT2D eigenvalue weighted by Gasteiger charge is 2.34. The molecule has 5 rings (SSSR count). The van der Waals surface area contributed by atoms with Crippen LogP contribution in [-0.4, -0.2) is 43.3 Å². The molecule has 1 fully saturated rings. The van der Waals surface area contributed by atoms with Crippen LogP contribution in [0.4, 0.5) is 8.78 Å². The van der Waals surface area contributed by atoms with Crippen LogP contribution >= 0.6 is 0 Å². The number of likely N-dealkylation sites (tertiary alicyclic amines) is 1. The largest absolute Gasteiger partial charge is 0.335 e. The number of piperidine rings is 1. The molecule has 148 valence electrons. The lowest BCUT2D eigenvalue weighted by Gasteiger charge is -2.31. The highest BCUT2D eigenvalue weighted by atomic mass is 19.3. The third-order valence-corrected chi connectivity index (χ3v) is 5.46. The van der Waals surface area contributed by atoms with Crippen molar-refractivity contribution in [3.05, 3.63) is 66.6 Å². The summed E-state index contributed by atoms with van der Waals surface area (Å²) in [4.78, 5) is 14.8. The fourth-order valence-electron chi connectivity index (χ4n) is 3.83. The number of fused-ring (bicyclic) bond motifs is 1. The van der Waals surface area contributed by atoms with Crippen molar-refractivity contribution in [3.63, 3.8) is 0 Å². The van der Waals surface area contributed by atoms with E-state index in [-0.39, 0.29) is 12.8 Å². The van der Waals surface area contributed by atoms with Gasteiger partial charge in [-0.3, -0.25) is 9.30 Å². The molecule has 0 amide bonds. The molecule has 0 spiro atoms. The van der Waals surface area contributed by atoms with Crippen LogP contribution < -0.4 is 0 Å². The molecule has 1 aromatic carbocycles. The highest BCUT2D eigenvalue weighted by molar-refractivity contribution is 5.65. The lowest BCUT2D eigenvalue weighted by atomic mass is 10.1. The van der Waals surface area contributed by atoms with Crippen molar-refractivity contribution in [2.75, 3.05) is 13.1 Å². The van der Waals surface area contributed by atoms with E-state index in [1.54, 1.807) is 6.20 Å². The maximum Gasteiger partial charge on any atom is 0.250 e. The predicted octanol–water partition coefficient (Wildman–Crippen LogP) is 4.62. The number of hydrogen-bond acceptors (Lipinski definition) is 3. The number of imidazole rings is 2. The van der Waals surface area contributed by atoms with Gasteiger partial charge in [-0.05, 0) is 17.7 Å². The Balaban J connectivity index is 1.47. The molecular formula is C22H21F2N5. The third-order valence-electron chi connectivity index (χ3n) is 5.46. The van der Waals surface area contributed by atoms with E-state index in [0.717, 1.165) is 28.3 Å². The van der Waals surface area contributed by atoms with Gasteiger partial charge in [-0.1, -0.05) is 36.4 Å². The molecule has 1 aliphatic heterocycles. The van der Waals surface area contributed by atoms with Crippen LogP contribution in [0.3, 0.4) is 0 Å². The Morgan fingerprint density at radius 2 is 1.76 bits per heavy atom. The summed E-state index contributed by atoms with van der Waals surface area (Å²) in [5.74, 6) is -1.14. The van der Waals surface area contributed by atoms with Gasteiger partial charge in [-0.15, -0.1) is 0 Å². The molecule has 0 radical (unpaired) electrons. The van der Waals surface area contributed by atoms with Crippen LogP contribution in [0.5, 0.6) is 0 Å². The third kappa shape index (κ3) is 3.53. The van der Waals surface area contributed by atoms with E-state index in [9.17, 15) is 8.78 Å². The number of alkyl halides is 2. The Hall–Kier alpha value is -3.06. The molecular weight excluding hydrogens is 372 g/mol. The van der Waals surface area contributed by atoms with E-state index in [0.29, 0.717) is 25.5 Å². The summed E-state index contributed by atoms with van der Waals surface area (Å²) in [5.41, 5.74) is 3.83. The molecule has 3 aromatic heterocycles. The van der Waals surface area contributed by atoms with Crippen molar-refractivity contribution in [1.82, 2.24) is 24.3 Å². The number of H-pyrrole nitrogens is 1. The van der Waals surface area contributed by atoms with E-state index in [4.69, 9.17) is 4.98 Å².